The van der Waals surface area contributed by atoms with E-state index < -0.39 is 0 Å². The lowest BCUT2D eigenvalue weighted by Gasteiger charge is -2.32. The minimum atomic E-state index is 0.495. The first-order chi connectivity index (χ1) is 11.3. The van der Waals surface area contributed by atoms with Gasteiger partial charge >= 0.3 is 0 Å². The summed E-state index contributed by atoms with van der Waals surface area (Å²) in [5, 5.41) is 9.52. The van der Waals surface area contributed by atoms with Crippen LogP contribution in [0.15, 0.2) is 36.8 Å². The number of piperidine rings is 1. The highest BCUT2D eigenvalue weighted by Crippen LogP contribution is 2.26. The second-order valence-electron chi connectivity index (χ2n) is 5.56. The molecule has 0 spiro atoms. The molecule has 0 aliphatic carbocycles. The molecule has 1 saturated heterocycles. The predicted molar refractivity (Wildman–Crippen MR) is 88.6 cm³/mol. The molecule has 0 bridgehead atoms. The van der Waals surface area contributed by atoms with Crippen molar-refractivity contribution < 1.29 is 4.74 Å². The number of nitrogens with zero attached hydrogens (tertiary/aromatic N) is 4. The van der Waals surface area contributed by atoms with Crippen molar-refractivity contribution in [2.45, 2.75) is 12.8 Å². The molecule has 2 aromatic heterocycles. The summed E-state index contributed by atoms with van der Waals surface area (Å²) in [7, 11) is 0. The second kappa shape index (κ2) is 7.30. The Hall–Kier alpha value is -2.32. The van der Waals surface area contributed by atoms with Crippen LogP contribution in [0.3, 0.4) is 0 Å². The largest absolute Gasteiger partial charge is 0.492 e. The lowest BCUT2D eigenvalue weighted by atomic mass is 9.98. The number of pyridine rings is 2. The summed E-state index contributed by atoms with van der Waals surface area (Å²) in [6, 6.07) is 7.51. The van der Waals surface area contributed by atoms with Gasteiger partial charge in [0.25, 0.3) is 0 Å². The van der Waals surface area contributed by atoms with E-state index >= 15 is 0 Å². The average Bonchev–Trinajstić information content (AvgIpc) is 2.61. The van der Waals surface area contributed by atoms with Gasteiger partial charge in [-0.15, -0.1) is 0 Å². The van der Waals surface area contributed by atoms with Gasteiger partial charge in [-0.05, 0) is 30.9 Å². The molecule has 3 rings (SSSR count). The van der Waals surface area contributed by atoms with E-state index in [1.807, 2.05) is 6.07 Å². The van der Waals surface area contributed by atoms with Crippen molar-refractivity contribution in [3.63, 3.8) is 0 Å². The first-order valence-corrected chi connectivity index (χ1v) is 7.97. The molecule has 1 aliphatic heterocycles. The number of halogens is 1. The van der Waals surface area contributed by atoms with Gasteiger partial charge in [0.15, 0.2) is 0 Å². The first-order valence-electron chi connectivity index (χ1n) is 7.59. The molecule has 0 unspecified atom stereocenters. The molecule has 0 N–H and O–H groups in total. The van der Waals surface area contributed by atoms with Crippen LogP contribution in [-0.4, -0.2) is 29.7 Å². The highest BCUT2D eigenvalue weighted by Gasteiger charge is 2.21. The molecule has 2 aromatic rings. The van der Waals surface area contributed by atoms with Crippen molar-refractivity contribution >= 4 is 17.4 Å². The number of hydrogen-bond acceptors (Lipinski definition) is 5. The summed E-state index contributed by atoms with van der Waals surface area (Å²) in [6.45, 7) is 2.49. The maximum Gasteiger partial charge on any atom is 0.141 e. The third-order valence-electron chi connectivity index (χ3n) is 4.02. The maximum absolute atomic E-state index is 8.98. The van der Waals surface area contributed by atoms with E-state index in [-0.39, 0.29) is 0 Å². The summed E-state index contributed by atoms with van der Waals surface area (Å²) in [5.41, 5.74) is 0.646. The average molecular weight is 329 g/mol. The Labute approximate surface area is 140 Å². The monoisotopic (exact) mass is 328 g/mol. The Morgan fingerprint density at radius 1 is 1.30 bits per heavy atom. The Bertz CT molecular complexity index is 708. The third kappa shape index (κ3) is 3.91. The van der Waals surface area contributed by atoms with Crippen LogP contribution in [0.25, 0.3) is 0 Å². The molecule has 0 saturated carbocycles. The fourth-order valence-corrected chi connectivity index (χ4v) is 2.85. The van der Waals surface area contributed by atoms with Crippen molar-refractivity contribution in [3.8, 4) is 11.8 Å². The Kier molecular flexibility index (Phi) is 4.94. The predicted octanol–water partition coefficient (Wildman–Crippen LogP) is 3.30. The van der Waals surface area contributed by atoms with Gasteiger partial charge in [-0.3, -0.25) is 4.98 Å². The van der Waals surface area contributed by atoms with Crippen LogP contribution in [0, 0.1) is 17.2 Å². The Balaban J connectivity index is 1.52. The molecular formula is C17H17ClN4O. The van der Waals surface area contributed by atoms with E-state index in [4.69, 9.17) is 21.6 Å². The summed E-state index contributed by atoms with van der Waals surface area (Å²) in [6.07, 6.45) is 7.02. The molecule has 0 aromatic carbocycles. The van der Waals surface area contributed by atoms with Crippen LogP contribution in [0.2, 0.25) is 5.02 Å². The highest BCUT2D eigenvalue weighted by atomic mass is 35.5. The van der Waals surface area contributed by atoms with Crippen molar-refractivity contribution in [1.29, 1.82) is 5.26 Å². The van der Waals surface area contributed by atoms with Gasteiger partial charge < -0.3 is 9.64 Å². The van der Waals surface area contributed by atoms with Crippen LogP contribution in [0.5, 0.6) is 5.75 Å². The zero-order valence-corrected chi connectivity index (χ0v) is 13.4. The van der Waals surface area contributed by atoms with Crippen molar-refractivity contribution in [2.75, 3.05) is 24.6 Å². The molecule has 3 heterocycles. The Morgan fingerprint density at radius 3 is 2.87 bits per heavy atom. The summed E-state index contributed by atoms with van der Waals surface area (Å²) in [4.78, 5) is 10.5. The maximum atomic E-state index is 8.98. The molecule has 1 fully saturated rings. The lowest BCUT2D eigenvalue weighted by molar-refractivity contribution is 0.222. The van der Waals surface area contributed by atoms with Gasteiger partial charge in [-0.1, -0.05) is 11.6 Å². The van der Waals surface area contributed by atoms with Gasteiger partial charge in [0.05, 0.1) is 18.2 Å². The van der Waals surface area contributed by atoms with Gasteiger partial charge in [0.1, 0.15) is 16.6 Å². The molecule has 23 heavy (non-hydrogen) atoms. The van der Waals surface area contributed by atoms with E-state index in [0.29, 0.717) is 28.9 Å². The molecule has 6 heteroatoms. The van der Waals surface area contributed by atoms with Crippen LogP contribution in [0.4, 0.5) is 5.82 Å². The summed E-state index contributed by atoms with van der Waals surface area (Å²) in [5.74, 6) is 2.06. The first kappa shape index (κ1) is 15.6. The van der Waals surface area contributed by atoms with Gasteiger partial charge in [-0.25, -0.2) is 4.98 Å². The second-order valence-corrected chi connectivity index (χ2v) is 5.97. The van der Waals surface area contributed by atoms with Crippen molar-refractivity contribution in [1.82, 2.24) is 9.97 Å². The zero-order valence-electron chi connectivity index (χ0n) is 12.7. The standard InChI is InChI=1S/C17H17ClN4O/c18-15-11-20-5-2-16(15)23-12-13-3-7-22(8-4-13)17-9-14(10-19)1-6-21-17/h1-2,5-6,9,11,13H,3-4,7-8,12H2. The molecular weight excluding hydrogens is 312 g/mol. The molecule has 0 radical (unpaired) electrons. The third-order valence-corrected chi connectivity index (χ3v) is 4.31. The van der Waals surface area contributed by atoms with Gasteiger partial charge in [0, 0.05) is 37.7 Å². The minimum absolute atomic E-state index is 0.495. The number of nitriles is 1. The van der Waals surface area contributed by atoms with E-state index in [0.717, 1.165) is 31.7 Å². The molecule has 0 amide bonds. The molecule has 1 aliphatic rings. The van der Waals surface area contributed by atoms with Crippen molar-refractivity contribution in [3.05, 3.63) is 47.4 Å². The molecule has 118 valence electrons. The highest BCUT2D eigenvalue weighted by molar-refractivity contribution is 6.31. The number of ether oxygens (including phenoxy) is 1. The van der Waals surface area contributed by atoms with Crippen LogP contribution < -0.4 is 9.64 Å². The van der Waals surface area contributed by atoms with E-state index in [1.165, 1.54) is 0 Å². The van der Waals surface area contributed by atoms with Gasteiger partial charge in [-0.2, -0.15) is 5.26 Å². The number of hydrogen-bond donors (Lipinski definition) is 0. The topological polar surface area (TPSA) is 62.0 Å². The SMILES string of the molecule is N#Cc1ccnc(N2CCC(COc3ccncc3Cl)CC2)c1. The van der Waals surface area contributed by atoms with Crippen LogP contribution in [0.1, 0.15) is 18.4 Å². The molecule has 5 nitrogen and oxygen atoms in total. The number of aromatic nitrogens is 2. The summed E-state index contributed by atoms with van der Waals surface area (Å²) >= 11 is 6.04. The smallest absolute Gasteiger partial charge is 0.141 e. The zero-order chi connectivity index (χ0) is 16.1. The quantitative estimate of drug-likeness (QED) is 0.861. The van der Waals surface area contributed by atoms with E-state index in [9.17, 15) is 0 Å². The Morgan fingerprint density at radius 2 is 2.13 bits per heavy atom. The molecule has 0 atom stereocenters. The minimum Gasteiger partial charge on any atom is -0.492 e. The fraction of sp³-hybridized carbons (Fsp3) is 0.353. The fourth-order valence-electron chi connectivity index (χ4n) is 2.68. The van der Waals surface area contributed by atoms with Crippen molar-refractivity contribution in [2.24, 2.45) is 5.92 Å². The lowest BCUT2D eigenvalue weighted by Crippen LogP contribution is -2.36. The number of anilines is 1. The van der Waals surface area contributed by atoms with E-state index in [2.05, 4.69) is 20.9 Å². The summed E-state index contributed by atoms with van der Waals surface area (Å²) < 4.78 is 5.80. The van der Waals surface area contributed by atoms with Crippen LogP contribution in [-0.2, 0) is 0 Å². The number of rotatable bonds is 4. The normalized spacial score (nSPS) is 15.2. The van der Waals surface area contributed by atoms with Crippen LogP contribution >= 0.6 is 11.6 Å². The van der Waals surface area contributed by atoms with E-state index in [1.54, 1.807) is 30.7 Å². The van der Waals surface area contributed by atoms with Gasteiger partial charge in [0.2, 0.25) is 0 Å².